The summed E-state index contributed by atoms with van der Waals surface area (Å²) in [7, 11) is 0. The van der Waals surface area contributed by atoms with E-state index >= 15 is 0 Å². The second-order valence-corrected chi connectivity index (χ2v) is 7.05. The van der Waals surface area contributed by atoms with Crippen molar-refractivity contribution in [1.82, 2.24) is 5.32 Å². The summed E-state index contributed by atoms with van der Waals surface area (Å²) >= 11 is 12.3. The van der Waals surface area contributed by atoms with E-state index < -0.39 is 6.04 Å². The molecule has 1 aliphatic heterocycles. The van der Waals surface area contributed by atoms with Crippen molar-refractivity contribution in [2.24, 2.45) is 4.99 Å². The van der Waals surface area contributed by atoms with Crippen molar-refractivity contribution >= 4 is 34.8 Å². The molecule has 0 radical (unpaired) electrons. The third kappa shape index (κ3) is 4.47. The van der Waals surface area contributed by atoms with Crippen LogP contribution in [0.5, 0.6) is 11.5 Å². The first-order valence-corrected chi connectivity index (χ1v) is 9.14. The number of hydrogen-bond donors (Lipinski definition) is 1. The fourth-order valence-electron chi connectivity index (χ4n) is 2.70. The third-order valence-corrected chi connectivity index (χ3v) is 4.85. The largest absolute Gasteiger partial charge is 0.454 e. The van der Waals surface area contributed by atoms with Gasteiger partial charge in [0, 0.05) is 6.54 Å². The lowest BCUT2D eigenvalue weighted by Gasteiger charge is -2.19. The molecule has 1 heterocycles. The number of amides is 1. The summed E-state index contributed by atoms with van der Waals surface area (Å²) in [5, 5.41) is 2.58. The van der Waals surface area contributed by atoms with Gasteiger partial charge in [-0.1, -0.05) is 19.1 Å². The summed E-state index contributed by atoms with van der Waals surface area (Å²) in [6, 6.07) is 5.14. The highest BCUT2D eigenvalue weighted by atomic mass is 35.5. The van der Waals surface area contributed by atoms with E-state index in [1.54, 1.807) is 0 Å². The summed E-state index contributed by atoms with van der Waals surface area (Å²) in [6.45, 7) is 2.56. The predicted octanol–water partition coefficient (Wildman–Crippen LogP) is 3.43. The van der Waals surface area contributed by atoms with E-state index in [1.165, 1.54) is 0 Å². The zero-order chi connectivity index (χ0) is 17.8. The molecule has 5 nitrogen and oxygen atoms in total. The van der Waals surface area contributed by atoms with Crippen LogP contribution in [0.2, 0.25) is 0 Å². The van der Waals surface area contributed by atoms with Gasteiger partial charge in [0.25, 0.3) is 0 Å². The van der Waals surface area contributed by atoms with E-state index in [0.29, 0.717) is 30.8 Å². The Kier molecular flexibility index (Phi) is 5.86. The number of carbonyl (C=O) groups excluding carboxylic acids is 1. The highest BCUT2D eigenvalue weighted by molar-refractivity contribution is 6.36. The number of fused-ring (bicyclic) bond motifs is 1. The van der Waals surface area contributed by atoms with Gasteiger partial charge >= 0.3 is 0 Å². The molecule has 25 heavy (non-hydrogen) atoms. The van der Waals surface area contributed by atoms with Gasteiger partial charge < -0.3 is 14.8 Å². The summed E-state index contributed by atoms with van der Waals surface area (Å²) in [6.07, 6.45) is 4.88. The van der Waals surface area contributed by atoms with Gasteiger partial charge in [0.1, 0.15) is 6.04 Å². The van der Waals surface area contributed by atoms with E-state index in [4.69, 9.17) is 32.7 Å². The highest BCUT2D eigenvalue weighted by Gasteiger charge is 2.23. The normalized spacial score (nSPS) is 24.4. The number of carbonyl (C=O) groups is 1. The van der Waals surface area contributed by atoms with Crippen molar-refractivity contribution in [2.45, 2.75) is 43.1 Å². The average molecular weight is 383 g/mol. The fraction of sp³-hybridized carbons (Fsp3) is 0.444. The molecular formula is C18H20Cl2N2O3. The molecule has 0 bridgehead atoms. The number of nitrogens with zero attached hydrogens (tertiary/aromatic N) is 1. The van der Waals surface area contributed by atoms with Gasteiger partial charge in [-0.3, -0.25) is 9.79 Å². The first-order valence-electron chi connectivity index (χ1n) is 8.27. The zero-order valence-electron chi connectivity index (χ0n) is 13.9. The maximum Gasteiger partial charge on any atom is 0.245 e. The Morgan fingerprint density at radius 1 is 1.36 bits per heavy atom. The SMILES string of the molecule is CCC(N=C1C=CC(Cl)CC1Cl)C(=O)NCc1ccc2c(c1)OCO2. The van der Waals surface area contributed by atoms with Gasteiger partial charge in [0.15, 0.2) is 11.5 Å². The molecule has 3 unspecified atom stereocenters. The maximum atomic E-state index is 12.5. The highest BCUT2D eigenvalue weighted by Crippen LogP contribution is 2.32. The Morgan fingerprint density at radius 3 is 2.92 bits per heavy atom. The lowest BCUT2D eigenvalue weighted by molar-refractivity contribution is -0.122. The molecule has 1 aromatic carbocycles. The summed E-state index contributed by atoms with van der Waals surface area (Å²) in [5.74, 6) is 1.30. The van der Waals surface area contributed by atoms with Crippen LogP contribution in [0, 0.1) is 0 Å². The second-order valence-electron chi connectivity index (χ2n) is 5.96. The minimum Gasteiger partial charge on any atom is -0.454 e. The molecule has 0 saturated heterocycles. The fourth-order valence-corrected chi connectivity index (χ4v) is 3.36. The number of alkyl halides is 2. The van der Waals surface area contributed by atoms with Gasteiger partial charge in [-0.05, 0) is 36.6 Å². The predicted molar refractivity (Wildman–Crippen MR) is 99.0 cm³/mol. The van der Waals surface area contributed by atoms with Crippen molar-refractivity contribution in [3.8, 4) is 11.5 Å². The van der Waals surface area contributed by atoms with Crippen LogP contribution in [-0.4, -0.2) is 35.2 Å². The number of rotatable bonds is 5. The number of benzene rings is 1. The summed E-state index contributed by atoms with van der Waals surface area (Å²) < 4.78 is 10.6. The van der Waals surface area contributed by atoms with E-state index in [9.17, 15) is 4.79 Å². The Balaban J connectivity index is 1.62. The number of hydrogen-bond acceptors (Lipinski definition) is 4. The molecule has 3 rings (SSSR count). The molecule has 0 spiro atoms. The number of allylic oxidation sites excluding steroid dienone is 2. The molecule has 2 aliphatic rings. The van der Waals surface area contributed by atoms with Gasteiger partial charge in [0.2, 0.25) is 12.7 Å². The van der Waals surface area contributed by atoms with E-state index in [2.05, 4.69) is 10.3 Å². The topological polar surface area (TPSA) is 59.9 Å². The molecule has 7 heteroatoms. The molecule has 0 aromatic heterocycles. The standard InChI is InChI=1S/C18H20Cl2N2O3/c1-2-14(22-15-5-4-12(19)8-13(15)20)18(23)21-9-11-3-6-16-17(7-11)25-10-24-16/h3-7,12-14H,2,8-10H2,1H3,(H,21,23). The van der Waals surface area contributed by atoms with Crippen LogP contribution in [0.15, 0.2) is 35.3 Å². The number of ether oxygens (including phenoxy) is 2. The lowest BCUT2D eigenvalue weighted by atomic mass is 10.0. The molecule has 0 fully saturated rings. The van der Waals surface area contributed by atoms with Gasteiger partial charge in [-0.25, -0.2) is 0 Å². The maximum absolute atomic E-state index is 12.5. The van der Waals surface area contributed by atoms with Crippen molar-refractivity contribution in [3.05, 3.63) is 35.9 Å². The van der Waals surface area contributed by atoms with Gasteiger partial charge in [-0.15, -0.1) is 23.2 Å². The van der Waals surface area contributed by atoms with Crippen molar-refractivity contribution < 1.29 is 14.3 Å². The molecule has 1 aromatic rings. The van der Waals surface area contributed by atoms with E-state index in [1.807, 2.05) is 37.3 Å². The Hall–Kier alpha value is -1.72. The van der Waals surface area contributed by atoms with E-state index in [-0.39, 0.29) is 23.5 Å². The van der Waals surface area contributed by atoms with Gasteiger partial charge in [-0.2, -0.15) is 0 Å². The molecular weight excluding hydrogens is 363 g/mol. The van der Waals surface area contributed by atoms with Crippen LogP contribution in [0.3, 0.4) is 0 Å². The third-order valence-electron chi connectivity index (χ3n) is 4.13. The zero-order valence-corrected chi connectivity index (χ0v) is 15.4. The lowest BCUT2D eigenvalue weighted by Crippen LogP contribution is -2.34. The van der Waals surface area contributed by atoms with Crippen LogP contribution < -0.4 is 14.8 Å². The summed E-state index contributed by atoms with van der Waals surface area (Å²) in [5.41, 5.74) is 1.65. The van der Waals surface area contributed by atoms with Gasteiger partial charge in [0.05, 0.1) is 16.5 Å². The Morgan fingerprint density at radius 2 is 2.16 bits per heavy atom. The minimum atomic E-state index is -0.471. The average Bonchev–Trinajstić information content (AvgIpc) is 3.07. The van der Waals surface area contributed by atoms with Crippen LogP contribution in [0.1, 0.15) is 25.3 Å². The number of nitrogens with one attached hydrogen (secondary N) is 1. The molecule has 0 saturated carbocycles. The van der Waals surface area contributed by atoms with Crippen LogP contribution in [0.25, 0.3) is 0 Å². The first-order chi connectivity index (χ1) is 12.1. The van der Waals surface area contributed by atoms with Crippen molar-refractivity contribution in [3.63, 3.8) is 0 Å². The van der Waals surface area contributed by atoms with Crippen LogP contribution >= 0.6 is 23.2 Å². The minimum absolute atomic E-state index is 0.0821. The van der Waals surface area contributed by atoms with Crippen LogP contribution in [0.4, 0.5) is 0 Å². The molecule has 1 amide bonds. The summed E-state index contributed by atoms with van der Waals surface area (Å²) in [4.78, 5) is 17.0. The monoisotopic (exact) mass is 382 g/mol. The second kappa shape index (κ2) is 8.11. The first kappa shape index (κ1) is 18.1. The van der Waals surface area contributed by atoms with Crippen LogP contribution in [-0.2, 0) is 11.3 Å². The molecule has 134 valence electrons. The molecule has 1 aliphatic carbocycles. The quantitative estimate of drug-likeness (QED) is 0.793. The smallest absolute Gasteiger partial charge is 0.245 e. The van der Waals surface area contributed by atoms with Crippen molar-refractivity contribution in [2.75, 3.05) is 6.79 Å². The Labute approximate surface area is 157 Å². The molecule has 1 N–H and O–H groups in total. The van der Waals surface area contributed by atoms with Crippen molar-refractivity contribution in [1.29, 1.82) is 0 Å². The molecule has 3 atom stereocenters. The number of aliphatic imine (C=N–C) groups is 1. The van der Waals surface area contributed by atoms with E-state index in [0.717, 1.165) is 11.3 Å². The number of halogens is 2. The Bertz CT molecular complexity index is 706.